The number of fused-ring (bicyclic) bond motifs is 1. The third-order valence-corrected chi connectivity index (χ3v) is 4.43. The van der Waals surface area contributed by atoms with Crippen molar-refractivity contribution in [2.45, 2.75) is 4.90 Å². The molecular formula is C14H10N4O4S. The van der Waals surface area contributed by atoms with E-state index in [9.17, 15) is 18.5 Å². The fourth-order valence-corrected chi connectivity index (χ4v) is 3.24. The number of hydrogen-bond donors (Lipinski definition) is 1. The summed E-state index contributed by atoms with van der Waals surface area (Å²) in [6, 6.07) is 12.3. The molecule has 2 aromatic rings. The smallest absolute Gasteiger partial charge is 0.260 e. The van der Waals surface area contributed by atoms with Gasteiger partial charge in [0.25, 0.3) is 15.7 Å². The van der Waals surface area contributed by atoms with E-state index in [0.717, 1.165) is 0 Å². The number of hydrogen-bond acceptors (Lipinski definition) is 6. The maximum atomic E-state index is 11.9. The molecule has 0 saturated carbocycles. The van der Waals surface area contributed by atoms with Gasteiger partial charge in [0.05, 0.1) is 11.1 Å². The summed E-state index contributed by atoms with van der Waals surface area (Å²) in [6.07, 6.45) is 1.35. The highest BCUT2D eigenvalue weighted by Gasteiger charge is 2.28. The third-order valence-electron chi connectivity index (χ3n) is 3.10. The maximum absolute atomic E-state index is 11.9. The van der Waals surface area contributed by atoms with Gasteiger partial charge < -0.3 is 0 Å². The molecule has 0 radical (unpaired) electrons. The highest BCUT2D eigenvalue weighted by Crippen LogP contribution is 2.24. The van der Waals surface area contributed by atoms with Crippen molar-refractivity contribution < 1.29 is 13.3 Å². The lowest BCUT2D eigenvalue weighted by atomic mass is 10.2. The van der Waals surface area contributed by atoms with Gasteiger partial charge in [-0.15, -0.1) is 4.40 Å². The molecule has 8 nitrogen and oxygen atoms in total. The molecule has 9 heteroatoms. The number of rotatable bonds is 3. The summed E-state index contributed by atoms with van der Waals surface area (Å²) in [5.41, 5.74) is 3.44. The Labute approximate surface area is 131 Å². The van der Waals surface area contributed by atoms with Crippen LogP contribution < -0.4 is 5.43 Å². The van der Waals surface area contributed by atoms with E-state index in [0.29, 0.717) is 11.1 Å². The lowest BCUT2D eigenvalue weighted by molar-refractivity contribution is -0.384. The van der Waals surface area contributed by atoms with Crippen molar-refractivity contribution in [1.29, 1.82) is 0 Å². The Balaban J connectivity index is 1.82. The molecule has 0 amide bonds. The van der Waals surface area contributed by atoms with Crippen LogP contribution in [-0.4, -0.2) is 25.4 Å². The van der Waals surface area contributed by atoms with Gasteiger partial charge in [0.2, 0.25) is 0 Å². The Morgan fingerprint density at radius 1 is 1.17 bits per heavy atom. The van der Waals surface area contributed by atoms with E-state index in [1.165, 1.54) is 30.5 Å². The molecule has 0 atom stereocenters. The van der Waals surface area contributed by atoms with Crippen LogP contribution in [0.2, 0.25) is 0 Å². The number of sulfonamides is 1. The van der Waals surface area contributed by atoms with E-state index in [1.807, 2.05) is 0 Å². The zero-order valence-electron chi connectivity index (χ0n) is 11.6. The Morgan fingerprint density at radius 2 is 1.96 bits per heavy atom. The third kappa shape index (κ3) is 2.94. The van der Waals surface area contributed by atoms with Gasteiger partial charge in [0, 0.05) is 23.3 Å². The zero-order valence-corrected chi connectivity index (χ0v) is 12.4. The van der Waals surface area contributed by atoms with E-state index < -0.39 is 14.9 Å². The molecule has 1 heterocycles. The molecule has 0 spiro atoms. The van der Waals surface area contributed by atoms with Gasteiger partial charge in [-0.3, -0.25) is 15.5 Å². The van der Waals surface area contributed by atoms with Crippen molar-refractivity contribution in [3.63, 3.8) is 0 Å². The molecule has 0 saturated heterocycles. The Kier molecular flexibility index (Phi) is 3.62. The molecule has 1 N–H and O–H groups in total. The number of nitro groups is 1. The summed E-state index contributed by atoms with van der Waals surface area (Å²) in [7, 11) is -3.71. The lowest BCUT2D eigenvalue weighted by Gasteiger charge is -2.00. The van der Waals surface area contributed by atoms with E-state index in [4.69, 9.17) is 0 Å². The monoisotopic (exact) mass is 330 g/mol. The molecule has 0 aromatic heterocycles. The molecule has 0 bridgehead atoms. The first-order valence-corrected chi connectivity index (χ1v) is 7.89. The largest absolute Gasteiger partial charge is 0.285 e. The fraction of sp³-hybridized carbons (Fsp3) is 0. The van der Waals surface area contributed by atoms with Gasteiger partial charge in [-0.1, -0.05) is 24.3 Å². The molecule has 3 rings (SSSR count). The van der Waals surface area contributed by atoms with Gasteiger partial charge in [0.15, 0.2) is 5.84 Å². The van der Waals surface area contributed by atoms with Crippen LogP contribution in [0.15, 0.2) is 62.9 Å². The van der Waals surface area contributed by atoms with Crippen LogP contribution in [0.1, 0.15) is 11.1 Å². The molecule has 2 aromatic carbocycles. The van der Waals surface area contributed by atoms with Crippen molar-refractivity contribution in [3.05, 3.63) is 69.8 Å². The van der Waals surface area contributed by atoms with Crippen molar-refractivity contribution >= 4 is 27.8 Å². The number of benzene rings is 2. The molecule has 116 valence electrons. The number of nitrogens with zero attached hydrogens (tertiary/aromatic N) is 3. The van der Waals surface area contributed by atoms with Crippen LogP contribution >= 0.6 is 0 Å². The topological polar surface area (TPSA) is 114 Å². The standard InChI is InChI=1S/C14H10N4O4S/c19-18(20)11-5-3-4-10(8-11)9-15-16-14-12-6-1-2-7-13(12)23(21,22)17-14/h1-9H,(H,16,17)/b15-9-. The summed E-state index contributed by atoms with van der Waals surface area (Å²) < 4.78 is 27.3. The van der Waals surface area contributed by atoms with E-state index in [-0.39, 0.29) is 16.4 Å². The number of amidine groups is 1. The van der Waals surface area contributed by atoms with Crippen LogP contribution in [0.5, 0.6) is 0 Å². The number of nitrogens with one attached hydrogen (secondary N) is 1. The molecular weight excluding hydrogens is 320 g/mol. The first kappa shape index (κ1) is 14.9. The van der Waals surface area contributed by atoms with Gasteiger partial charge in [-0.25, -0.2) is 0 Å². The van der Waals surface area contributed by atoms with Crippen LogP contribution in [0.25, 0.3) is 0 Å². The average Bonchev–Trinajstić information content (AvgIpc) is 2.79. The second-order valence-electron chi connectivity index (χ2n) is 4.63. The zero-order chi connectivity index (χ0) is 16.4. The SMILES string of the molecule is O=[N+]([O-])c1cccc(/C=N\NC2=NS(=O)(=O)c3ccccc32)c1. The number of nitro benzene ring substituents is 1. The normalized spacial score (nSPS) is 15.2. The Morgan fingerprint density at radius 3 is 2.74 bits per heavy atom. The quantitative estimate of drug-likeness (QED) is 0.522. The predicted molar refractivity (Wildman–Crippen MR) is 84.0 cm³/mol. The Bertz CT molecular complexity index is 951. The summed E-state index contributed by atoms with van der Waals surface area (Å²) in [5.74, 6) is 0.113. The van der Waals surface area contributed by atoms with Crippen molar-refractivity contribution in [3.8, 4) is 0 Å². The molecule has 23 heavy (non-hydrogen) atoms. The van der Waals surface area contributed by atoms with Crippen molar-refractivity contribution in [2.75, 3.05) is 0 Å². The van der Waals surface area contributed by atoms with Gasteiger partial charge in [0.1, 0.15) is 4.90 Å². The van der Waals surface area contributed by atoms with E-state index >= 15 is 0 Å². The first-order chi connectivity index (χ1) is 11.0. The van der Waals surface area contributed by atoms with Gasteiger partial charge in [-0.2, -0.15) is 13.5 Å². The maximum Gasteiger partial charge on any atom is 0.285 e. The van der Waals surface area contributed by atoms with E-state index in [1.54, 1.807) is 24.3 Å². The highest BCUT2D eigenvalue weighted by atomic mass is 32.2. The predicted octanol–water partition coefficient (Wildman–Crippen LogP) is 1.67. The van der Waals surface area contributed by atoms with Crippen molar-refractivity contribution in [1.82, 2.24) is 5.43 Å². The van der Waals surface area contributed by atoms with Crippen LogP contribution in [0.3, 0.4) is 0 Å². The first-order valence-electron chi connectivity index (χ1n) is 6.45. The minimum absolute atomic E-state index is 0.0555. The summed E-state index contributed by atoms with van der Waals surface area (Å²) >= 11 is 0. The fourth-order valence-electron chi connectivity index (χ4n) is 2.07. The van der Waals surface area contributed by atoms with Crippen LogP contribution in [0.4, 0.5) is 5.69 Å². The molecule has 0 unspecified atom stereocenters. The molecule has 0 aliphatic carbocycles. The second-order valence-corrected chi connectivity index (χ2v) is 6.21. The minimum Gasteiger partial charge on any atom is -0.260 e. The summed E-state index contributed by atoms with van der Waals surface area (Å²) in [6.45, 7) is 0. The molecule has 1 aliphatic rings. The number of non-ortho nitro benzene ring substituents is 1. The highest BCUT2D eigenvalue weighted by molar-refractivity contribution is 7.90. The summed E-state index contributed by atoms with van der Waals surface area (Å²) in [5, 5.41) is 14.6. The van der Waals surface area contributed by atoms with Crippen molar-refractivity contribution in [2.24, 2.45) is 9.50 Å². The van der Waals surface area contributed by atoms with E-state index in [2.05, 4.69) is 14.9 Å². The molecule has 0 fully saturated rings. The van der Waals surface area contributed by atoms with Crippen LogP contribution in [-0.2, 0) is 10.0 Å². The number of hydrazone groups is 1. The van der Waals surface area contributed by atoms with Crippen LogP contribution in [0, 0.1) is 10.1 Å². The minimum atomic E-state index is -3.71. The Hall–Kier alpha value is -3.07. The summed E-state index contributed by atoms with van der Waals surface area (Å²) in [4.78, 5) is 10.3. The van der Waals surface area contributed by atoms with Gasteiger partial charge >= 0.3 is 0 Å². The second kappa shape index (κ2) is 5.61. The average molecular weight is 330 g/mol. The van der Waals surface area contributed by atoms with Gasteiger partial charge in [-0.05, 0) is 12.1 Å². The molecule has 1 aliphatic heterocycles. The lowest BCUT2D eigenvalue weighted by Crippen LogP contribution is -2.17.